The Morgan fingerprint density at radius 3 is 2.59 bits per heavy atom. The van der Waals surface area contributed by atoms with Crippen LogP contribution in [0.15, 0.2) is 46.3 Å². The summed E-state index contributed by atoms with van der Waals surface area (Å²) in [5.41, 5.74) is 0.478. The fraction of sp³-hybridized carbons (Fsp3) is 0.417. The van der Waals surface area contributed by atoms with Gasteiger partial charge in [-0.25, -0.2) is 9.78 Å². The second kappa shape index (κ2) is 9.32. The summed E-state index contributed by atoms with van der Waals surface area (Å²) in [6.45, 7) is 4.77. The van der Waals surface area contributed by atoms with Crippen molar-refractivity contribution in [2.75, 3.05) is 6.54 Å². The lowest BCUT2D eigenvalue weighted by Gasteiger charge is -2.26. The number of fused-ring (bicyclic) bond motifs is 2. The lowest BCUT2D eigenvalue weighted by molar-refractivity contribution is -0.148. The van der Waals surface area contributed by atoms with E-state index in [9.17, 15) is 19.5 Å². The monoisotopic (exact) mass is 453 g/mol. The van der Waals surface area contributed by atoms with Crippen LogP contribution < -0.4 is 5.56 Å². The molecule has 1 fully saturated rings. The number of amides is 1. The predicted molar refractivity (Wildman–Crippen MR) is 126 cm³/mol. The van der Waals surface area contributed by atoms with Gasteiger partial charge in [-0.2, -0.15) is 0 Å². The van der Waals surface area contributed by atoms with Crippen LogP contribution in [0.4, 0.5) is 0 Å². The lowest BCUT2D eigenvalue weighted by Crippen LogP contribution is -2.44. The zero-order valence-corrected chi connectivity index (χ0v) is 19.1. The Balaban J connectivity index is 1.75. The summed E-state index contributed by atoms with van der Waals surface area (Å²) in [6.07, 6.45) is 2.52. The minimum atomic E-state index is -0.961. The number of carbonyl (C=O) groups is 2. The summed E-state index contributed by atoms with van der Waals surface area (Å²) in [5.74, 6) is -1.14. The number of benzene rings is 2. The second-order valence-corrected chi connectivity index (χ2v) is 9.25. The average Bonchev–Trinajstić information content (AvgIpc) is 3.28. The fourth-order valence-corrected chi connectivity index (χ4v) is 5.69. The largest absolute Gasteiger partial charge is 0.480 e. The van der Waals surface area contributed by atoms with Crippen LogP contribution in [0.25, 0.3) is 21.7 Å². The smallest absolute Gasteiger partial charge is 0.326 e. The molecule has 0 spiro atoms. The van der Waals surface area contributed by atoms with Crippen LogP contribution in [0.1, 0.15) is 39.5 Å². The summed E-state index contributed by atoms with van der Waals surface area (Å²) < 4.78 is 1.61. The topological polar surface area (TPSA) is 92.5 Å². The molecule has 1 saturated heterocycles. The quantitative estimate of drug-likeness (QED) is 0.331. The van der Waals surface area contributed by atoms with Gasteiger partial charge in [0.25, 0.3) is 5.56 Å². The minimum Gasteiger partial charge on any atom is -0.480 e. The lowest BCUT2D eigenvalue weighted by atomic mass is 10.1. The number of carboxylic acid groups (broad SMARTS) is 1. The maximum absolute atomic E-state index is 13.3. The molecule has 2 atom stereocenters. The number of hydrogen-bond acceptors (Lipinski definition) is 5. The fourth-order valence-electron chi connectivity index (χ4n) is 4.35. The van der Waals surface area contributed by atoms with Crippen molar-refractivity contribution in [3.05, 3.63) is 46.8 Å². The first kappa shape index (κ1) is 22.3. The molecule has 168 valence electrons. The third-order valence-electron chi connectivity index (χ3n) is 6.00. The standard InChI is InChI=1S/C24H27N3O4S/c1-3-8-20(22(29)27-12-7-11-19(27)23(30)31)32-24-25-18-14-16-10-6-5-9-15(16)13-17(18)21(28)26(24)4-2/h5-6,9-10,13-14,19-20H,3-4,7-8,11-12H2,1-2H3,(H,30,31)/t19-,20?/m1/s1. The molecule has 32 heavy (non-hydrogen) atoms. The number of hydrogen-bond donors (Lipinski definition) is 1. The summed E-state index contributed by atoms with van der Waals surface area (Å²) in [4.78, 5) is 44.4. The van der Waals surface area contributed by atoms with Gasteiger partial charge in [-0.1, -0.05) is 49.4 Å². The summed E-state index contributed by atoms with van der Waals surface area (Å²) in [6, 6.07) is 10.8. The molecular formula is C24H27N3O4S. The number of aromatic nitrogens is 2. The molecule has 4 rings (SSSR count). The van der Waals surface area contributed by atoms with Crippen LogP contribution in [-0.2, 0) is 16.1 Å². The van der Waals surface area contributed by atoms with E-state index in [2.05, 4.69) is 0 Å². The van der Waals surface area contributed by atoms with Gasteiger partial charge in [0.05, 0.1) is 16.2 Å². The van der Waals surface area contributed by atoms with Gasteiger partial charge < -0.3 is 10.0 Å². The Hall–Kier alpha value is -2.87. The summed E-state index contributed by atoms with van der Waals surface area (Å²) in [5, 5.41) is 12.0. The number of nitrogens with zero attached hydrogens (tertiary/aromatic N) is 3. The van der Waals surface area contributed by atoms with Crippen molar-refractivity contribution in [1.82, 2.24) is 14.5 Å². The molecule has 0 aliphatic carbocycles. The van der Waals surface area contributed by atoms with Gasteiger partial charge in [0, 0.05) is 13.1 Å². The Morgan fingerprint density at radius 1 is 1.22 bits per heavy atom. The van der Waals surface area contributed by atoms with Crippen molar-refractivity contribution >= 4 is 45.3 Å². The van der Waals surface area contributed by atoms with Gasteiger partial charge >= 0.3 is 5.97 Å². The van der Waals surface area contributed by atoms with Crippen molar-refractivity contribution in [3.63, 3.8) is 0 Å². The summed E-state index contributed by atoms with van der Waals surface area (Å²) >= 11 is 1.28. The average molecular weight is 454 g/mol. The number of rotatable bonds is 7. The molecule has 8 heteroatoms. The van der Waals surface area contributed by atoms with E-state index < -0.39 is 17.3 Å². The maximum atomic E-state index is 13.3. The first-order valence-electron chi connectivity index (χ1n) is 11.1. The van der Waals surface area contributed by atoms with Gasteiger partial charge in [-0.05, 0) is 49.1 Å². The SMILES string of the molecule is CCCC(Sc1nc2cc3ccccc3cc2c(=O)n1CC)C(=O)N1CCC[C@@H]1C(=O)O. The molecule has 0 bridgehead atoms. The predicted octanol–water partition coefficient (Wildman–Crippen LogP) is 3.91. The van der Waals surface area contributed by atoms with Gasteiger partial charge in [-0.15, -0.1) is 0 Å². The highest BCUT2D eigenvalue weighted by molar-refractivity contribution is 8.00. The normalized spacial score (nSPS) is 17.2. The Labute approximate surface area is 190 Å². The van der Waals surface area contributed by atoms with E-state index >= 15 is 0 Å². The van der Waals surface area contributed by atoms with Gasteiger partial charge in [-0.3, -0.25) is 14.2 Å². The van der Waals surface area contributed by atoms with Gasteiger partial charge in [0.2, 0.25) is 5.91 Å². The summed E-state index contributed by atoms with van der Waals surface area (Å²) in [7, 11) is 0. The van der Waals surface area contributed by atoms with Crippen molar-refractivity contribution in [1.29, 1.82) is 0 Å². The highest BCUT2D eigenvalue weighted by atomic mass is 32.2. The first-order valence-corrected chi connectivity index (χ1v) is 12.0. The number of carboxylic acids is 1. The highest BCUT2D eigenvalue weighted by Gasteiger charge is 2.37. The van der Waals surface area contributed by atoms with Crippen LogP contribution in [0, 0.1) is 0 Å². The number of aliphatic carboxylic acids is 1. The Kier molecular flexibility index (Phi) is 6.50. The van der Waals surface area contributed by atoms with Crippen molar-refractivity contribution < 1.29 is 14.7 Å². The van der Waals surface area contributed by atoms with Crippen LogP contribution >= 0.6 is 11.8 Å². The third kappa shape index (κ3) is 4.11. The molecule has 1 N–H and O–H groups in total. The maximum Gasteiger partial charge on any atom is 0.326 e. The molecule has 1 aromatic heterocycles. The van der Waals surface area contributed by atoms with Crippen molar-refractivity contribution in [3.8, 4) is 0 Å². The molecule has 2 heterocycles. The minimum absolute atomic E-state index is 0.127. The van der Waals surface area contributed by atoms with E-state index in [0.717, 1.165) is 17.2 Å². The van der Waals surface area contributed by atoms with E-state index in [1.165, 1.54) is 16.7 Å². The zero-order valence-electron chi connectivity index (χ0n) is 18.3. The molecule has 1 unspecified atom stereocenters. The molecule has 0 radical (unpaired) electrons. The third-order valence-corrected chi connectivity index (χ3v) is 7.24. The van der Waals surface area contributed by atoms with Crippen molar-refractivity contribution in [2.24, 2.45) is 0 Å². The number of likely N-dealkylation sites (tertiary alicyclic amines) is 1. The Morgan fingerprint density at radius 2 is 1.94 bits per heavy atom. The van der Waals surface area contributed by atoms with Crippen LogP contribution in [0.2, 0.25) is 0 Å². The van der Waals surface area contributed by atoms with E-state index in [1.54, 1.807) is 4.57 Å². The van der Waals surface area contributed by atoms with Gasteiger partial charge in [0.1, 0.15) is 6.04 Å². The Bertz CT molecular complexity index is 1240. The van der Waals surface area contributed by atoms with Crippen molar-refractivity contribution in [2.45, 2.75) is 62.5 Å². The van der Waals surface area contributed by atoms with Crippen LogP contribution in [-0.4, -0.2) is 49.3 Å². The van der Waals surface area contributed by atoms with E-state index in [4.69, 9.17) is 4.98 Å². The van der Waals surface area contributed by atoms with E-state index in [-0.39, 0.29) is 11.5 Å². The van der Waals surface area contributed by atoms with Gasteiger partial charge in [0.15, 0.2) is 5.16 Å². The molecule has 1 aliphatic rings. The molecular weight excluding hydrogens is 426 g/mol. The molecule has 3 aromatic rings. The first-order chi connectivity index (χ1) is 15.4. The molecule has 1 amide bonds. The zero-order chi connectivity index (χ0) is 22.8. The second-order valence-electron chi connectivity index (χ2n) is 8.08. The molecule has 7 nitrogen and oxygen atoms in total. The number of carbonyl (C=O) groups excluding carboxylic acids is 1. The molecule has 1 aliphatic heterocycles. The van der Waals surface area contributed by atoms with Crippen LogP contribution in [0.5, 0.6) is 0 Å². The van der Waals surface area contributed by atoms with Crippen LogP contribution in [0.3, 0.4) is 0 Å². The molecule has 0 saturated carbocycles. The van der Waals surface area contributed by atoms with E-state index in [0.29, 0.717) is 48.4 Å². The highest BCUT2D eigenvalue weighted by Crippen LogP contribution is 2.30. The number of thioether (sulfide) groups is 1. The molecule has 2 aromatic carbocycles. The van der Waals surface area contributed by atoms with E-state index in [1.807, 2.05) is 50.2 Å².